The van der Waals surface area contributed by atoms with Gasteiger partial charge in [0.2, 0.25) is 0 Å². The van der Waals surface area contributed by atoms with Crippen molar-refractivity contribution in [3.05, 3.63) is 33.4 Å². The molecule has 0 spiro atoms. The molecular formula is C15H17N3OS2. The third-order valence-corrected chi connectivity index (χ3v) is 5.24. The first-order valence-corrected chi connectivity index (χ1v) is 8.08. The molecule has 3 N–H and O–H groups in total. The molecule has 1 unspecified atom stereocenters. The van der Waals surface area contributed by atoms with Gasteiger partial charge in [-0.05, 0) is 37.0 Å². The van der Waals surface area contributed by atoms with Crippen LogP contribution in [0.3, 0.4) is 0 Å². The van der Waals surface area contributed by atoms with Crippen molar-refractivity contribution < 1.29 is 4.74 Å². The highest BCUT2D eigenvalue weighted by Gasteiger charge is 2.25. The van der Waals surface area contributed by atoms with Crippen molar-refractivity contribution in [1.29, 1.82) is 5.41 Å². The first-order chi connectivity index (χ1) is 10.1. The fraction of sp³-hybridized carbons (Fsp3) is 0.333. The summed E-state index contributed by atoms with van der Waals surface area (Å²) in [5.41, 5.74) is 9.01. The highest BCUT2D eigenvalue weighted by Crippen LogP contribution is 2.46. The minimum absolute atomic E-state index is 0.166. The van der Waals surface area contributed by atoms with Crippen LogP contribution >= 0.6 is 24.0 Å². The molecule has 0 bridgehead atoms. The highest BCUT2D eigenvalue weighted by molar-refractivity contribution is 7.90. The normalized spacial score (nSPS) is 21.1. The molecule has 1 aliphatic heterocycles. The second-order valence-corrected chi connectivity index (χ2v) is 6.74. The minimum atomic E-state index is -0.166. The number of nitrogens with zero attached hydrogens (tertiary/aromatic N) is 1. The van der Waals surface area contributed by atoms with Crippen LogP contribution in [-0.2, 0) is 6.42 Å². The number of thiol groups is 1. The average molecular weight is 319 g/mol. The van der Waals surface area contributed by atoms with Crippen molar-refractivity contribution in [2.75, 3.05) is 0 Å². The fourth-order valence-corrected chi connectivity index (χ4v) is 4.10. The molecular weight excluding hydrogens is 302 g/mol. The molecule has 110 valence electrons. The molecule has 0 saturated heterocycles. The summed E-state index contributed by atoms with van der Waals surface area (Å²) >= 11 is 6.24. The fourth-order valence-electron chi connectivity index (χ4n) is 2.54. The Morgan fingerprint density at radius 3 is 3.00 bits per heavy atom. The molecule has 1 atom stereocenters. The number of nitrogens with two attached hydrogens (primary N) is 1. The molecule has 0 fully saturated rings. The lowest BCUT2D eigenvalue weighted by molar-refractivity contribution is 0.459. The lowest BCUT2D eigenvalue weighted by Gasteiger charge is -2.17. The minimum Gasteiger partial charge on any atom is -0.445 e. The summed E-state index contributed by atoms with van der Waals surface area (Å²) in [7, 11) is 0. The average Bonchev–Trinajstić information content (AvgIpc) is 2.79. The standard InChI is InChI=1S/C15H17N3OS2/c1-8-11-4-2-9(6-16)14(20)13(11)15(21-8)19-10-3-5-12(17)18-7-10/h3,6-7,12,16,20H,2,4-5,17H2,1H3. The van der Waals surface area contributed by atoms with Gasteiger partial charge in [-0.3, -0.25) is 4.99 Å². The number of hydrogen-bond donors (Lipinski definition) is 3. The summed E-state index contributed by atoms with van der Waals surface area (Å²) in [6, 6.07) is 0. The van der Waals surface area contributed by atoms with Crippen molar-refractivity contribution in [3.8, 4) is 5.06 Å². The number of aryl methyl sites for hydroxylation is 1. The van der Waals surface area contributed by atoms with Gasteiger partial charge in [-0.25, -0.2) is 0 Å². The van der Waals surface area contributed by atoms with Gasteiger partial charge in [-0.1, -0.05) is 0 Å². The number of fused-ring (bicyclic) bond motifs is 1. The Morgan fingerprint density at radius 2 is 2.33 bits per heavy atom. The maximum Gasteiger partial charge on any atom is 0.189 e. The number of ether oxygens (including phenoxy) is 1. The van der Waals surface area contributed by atoms with Crippen LogP contribution in [0.5, 0.6) is 5.06 Å². The molecule has 0 radical (unpaired) electrons. The molecule has 2 heterocycles. The smallest absolute Gasteiger partial charge is 0.189 e. The number of nitrogens with one attached hydrogen (secondary N) is 1. The number of rotatable bonds is 3. The van der Waals surface area contributed by atoms with Gasteiger partial charge >= 0.3 is 0 Å². The van der Waals surface area contributed by atoms with E-state index in [1.165, 1.54) is 16.7 Å². The lowest BCUT2D eigenvalue weighted by Crippen LogP contribution is -2.20. The third-order valence-electron chi connectivity index (χ3n) is 3.70. The van der Waals surface area contributed by atoms with E-state index < -0.39 is 0 Å². The summed E-state index contributed by atoms with van der Waals surface area (Å²) in [6.45, 7) is 2.10. The van der Waals surface area contributed by atoms with E-state index in [1.807, 2.05) is 6.08 Å². The molecule has 21 heavy (non-hydrogen) atoms. The Balaban J connectivity index is 1.97. The SMILES string of the molecule is Cc1sc(OC2=CCC(N)N=C2)c2c1CCC(C=N)=C2S. The van der Waals surface area contributed by atoms with E-state index in [-0.39, 0.29) is 6.17 Å². The Morgan fingerprint density at radius 1 is 1.52 bits per heavy atom. The van der Waals surface area contributed by atoms with Crippen molar-refractivity contribution in [2.45, 2.75) is 32.4 Å². The Kier molecular flexibility index (Phi) is 4.01. The van der Waals surface area contributed by atoms with E-state index >= 15 is 0 Å². The van der Waals surface area contributed by atoms with E-state index in [4.69, 9.17) is 15.9 Å². The van der Waals surface area contributed by atoms with Crippen molar-refractivity contribution >= 4 is 41.3 Å². The molecule has 0 aromatic carbocycles. The Labute approximate surface area is 133 Å². The van der Waals surface area contributed by atoms with Gasteiger partial charge in [0, 0.05) is 28.0 Å². The molecule has 0 saturated carbocycles. The van der Waals surface area contributed by atoms with Gasteiger partial charge in [0.15, 0.2) is 5.06 Å². The van der Waals surface area contributed by atoms with Crippen LogP contribution in [-0.4, -0.2) is 18.6 Å². The van der Waals surface area contributed by atoms with Gasteiger partial charge in [0.1, 0.15) is 11.9 Å². The molecule has 6 heteroatoms. The van der Waals surface area contributed by atoms with Crippen LogP contribution in [0.25, 0.3) is 4.91 Å². The van der Waals surface area contributed by atoms with E-state index in [9.17, 15) is 0 Å². The van der Waals surface area contributed by atoms with Crippen molar-refractivity contribution in [1.82, 2.24) is 0 Å². The van der Waals surface area contributed by atoms with E-state index in [0.29, 0.717) is 6.42 Å². The highest BCUT2D eigenvalue weighted by atomic mass is 32.1. The zero-order valence-corrected chi connectivity index (χ0v) is 13.4. The van der Waals surface area contributed by atoms with Crippen LogP contribution in [0.2, 0.25) is 0 Å². The van der Waals surface area contributed by atoms with Gasteiger partial charge in [0.05, 0.1) is 6.21 Å². The maximum absolute atomic E-state index is 7.51. The van der Waals surface area contributed by atoms with Gasteiger partial charge in [-0.15, -0.1) is 24.0 Å². The monoisotopic (exact) mass is 319 g/mol. The van der Waals surface area contributed by atoms with Crippen molar-refractivity contribution in [3.63, 3.8) is 0 Å². The van der Waals surface area contributed by atoms with E-state index in [1.54, 1.807) is 17.6 Å². The third kappa shape index (κ3) is 2.71. The van der Waals surface area contributed by atoms with Gasteiger partial charge < -0.3 is 15.9 Å². The molecule has 1 aromatic rings. The first kappa shape index (κ1) is 14.6. The molecule has 0 amide bonds. The maximum atomic E-state index is 7.51. The largest absolute Gasteiger partial charge is 0.445 e. The molecule has 1 aromatic heterocycles. The second-order valence-electron chi connectivity index (χ2n) is 5.11. The van der Waals surface area contributed by atoms with E-state index in [2.05, 4.69) is 24.5 Å². The Hall–Kier alpha value is -1.37. The van der Waals surface area contributed by atoms with Crippen LogP contribution in [0, 0.1) is 12.3 Å². The molecule has 4 nitrogen and oxygen atoms in total. The summed E-state index contributed by atoms with van der Waals surface area (Å²) < 4.78 is 6.00. The summed E-state index contributed by atoms with van der Waals surface area (Å²) in [4.78, 5) is 6.28. The van der Waals surface area contributed by atoms with Gasteiger partial charge in [0.25, 0.3) is 0 Å². The zero-order chi connectivity index (χ0) is 15.0. The summed E-state index contributed by atoms with van der Waals surface area (Å²) in [6.07, 6.45) is 7.36. The second kappa shape index (κ2) is 5.79. The predicted molar refractivity (Wildman–Crippen MR) is 91.9 cm³/mol. The number of dihydropyridines is 1. The number of aliphatic imine (C=N–C) groups is 1. The van der Waals surface area contributed by atoms with Crippen LogP contribution in [0.15, 0.2) is 22.4 Å². The topological polar surface area (TPSA) is 71.5 Å². The van der Waals surface area contributed by atoms with Gasteiger partial charge in [-0.2, -0.15) is 0 Å². The number of allylic oxidation sites excluding steroid dienone is 2. The quantitative estimate of drug-likeness (QED) is 0.591. The number of hydrogen-bond acceptors (Lipinski definition) is 6. The van der Waals surface area contributed by atoms with Crippen LogP contribution in [0.1, 0.15) is 28.8 Å². The molecule has 3 rings (SSSR count). The molecule has 2 aliphatic rings. The van der Waals surface area contributed by atoms with Crippen molar-refractivity contribution in [2.24, 2.45) is 10.7 Å². The predicted octanol–water partition coefficient (Wildman–Crippen LogP) is 3.32. The zero-order valence-electron chi connectivity index (χ0n) is 11.7. The van der Waals surface area contributed by atoms with Crippen LogP contribution < -0.4 is 10.5 Å². The van der Waals surface area contributed by atoms with Crippen LogP contribution in [0.4, 0.5) is 0 Å². The summed E-state index contributed by atoms with van der Waals surface area (Å²) in [5.74, 6) is 0.726. The number of thiophene rings is 1. The lowest BCUT2D eigenvalue weighted by atomic mass is 9.94. The Bertz CT molecular complexity index is 685. The molecule has 1 aliphatic carbocycles. The van der Waals surface area contributed by atoms with E-state index in [0.717, 1.165) is 39.7 Å². The first-order valence-electron chi connectivity index (χ1n) is 6.82. The summed E-state index contributed by atoms with van der Waals surface area (Å²) in [5, 5.41) is 8.34.